The van der Waals surface area contributed by atoms with Crippen molar-refractivity contribution in [3.8, 4) is 0 Å². The molecule has 74 valence electrons. The summed E-state index contributed by atoms with van der Waals surface area (Å²) in [5, 5.41) is 0. The Morgan fingerprint density at radius 3 is 2.77 bits per heavy atom. The van der Waals surface area contributed by atoms with E-state index in [0.717, 1.165) is 12.8 Å². The summed E-state index contributed by atoms with van der Waals surface area (Å²) in [7, 11) is 0. The van der Waals surface area contributed by atoms with Gasteiger partial charge in [0.15, 0.2) is 0 Å². The molecule has 0 heterocycles. The first-order valence-corrected chi connectivity index (χ1v) is 5.18. The lowest BCUT2D eigenvalue weighted by atomic mass is 9.79. The van der Waals surface area contributed by atoms with Crippen LogP contribution in [0.2, 0.25) is 0 Å². The highest BCUT2D eigenvalue weighted by Gasteiger charge is 2.37. The molecule has 1 rings (SSSR count). The molecule has 0 bridgehead atoms. The van der Waals surface area contributed by atoms with Crippen molar-refractivity contribution in [2.75, 3.05) is 0 Å². The van der Waals surface area contributed by atoms with Crippen LogP contribution in [0.15, 0.2) is 11.6 Å². The van der Waals surface area contributed by atoms with Crippen LogP contribution in [0.3, 0.4) is 0 Å². The average molecular weight is 180 g/mol. The van der Waals surface area contributed by atoms with Gasteiger partial charge in [0.25, 0.3) is 0 Å². The van der Waals surface area contributed by atoms with Crippen molar-refractivity contribution in [2.24, 2.45) is 11.3 Å². The molecule has 1 fully saturated rings. The largest absolute Gasteiger partial charge is 0.303 e. The van der Waals surface area contributed by atoms with Crippen LogP contribution in [0.1, 0.15) is 46.5 Å². The molecule has 1 heteroatoms. The fraction of sp³-hybridized carbons (Fsp3) is 0.750. The van der Waals surface area contributed by atoms with E-state index in [-0.39, 0.29) is 5.41 Å². The summed E-state index contributed by atoms with van der Waals surface area (Å²) in [6.45, 7) is 6.34. The molecule has 0 radical (unpaired) electrons. The van der Waals surface area contributed by atoms with E-state index in [1.165, 1.54) is 24.7 Å². The third kappa shape index (κ3) is 2.43. The van der Waals surface area contributed by atoms with Crippen molar-refractivity contribution in [3.05, 3.63) is 11.6 Å². The molecular formula is C12H20O. The summed E-state index contributed by atoms with van der Waals surface area (Å²) in [6, 6.07) is 0. The van der Waals surface area contributed by atoms with E-state index in [2.05, 4.69) is 26.8 Å². The first kappa shape index (κ1) is 10.5. The first-order chi connectivity index (χ1) is 6.08. The van der Waals surface area contributed by atoms with Gasteiger partial charge in [-0.1, -0.05) is 25.0 Å². The van der Waals surface area contributed by atoms with E-state index >= 15 is 0 Å². The van der Waals surface area contributed by atoms with Crippen LogP contribution in [-0.4, -0.2) is 6.29 Å². The molecule has 0 unspecified atom stereocenters. The Morgan fingerprint density at radius 2 is 2.23 bits per heavy atom. The second kappa shape index (κ2) is 4.08. The summed E-state index contributed by atoms with van der Waals surface area (Å²) >= 11 is 0. The molecule has 13 heavy (non-hydrogen) atoms. The Morgan fingerprint density at radius 1 is 1.54 bits per heavy atom. The molecule has 2 atom stereocenters. The van der Waals surface area contributed by atoms with Crippen LogP contribution >= 0.6 is 0 Å². The Balaban J connectivity index is 2.59. The minimum atomic E-state index is -0.0358. The molecule has 1 nitrogen and oxygen atoms in total. The van der Waals surface area contributed by atoms with Gasteiger partial charge in [-0.2, -0.15) is 0 Å². The molecule has 0 spiro atoms. The maximum Gasteiger partial charge on any atom is 0.126 e. The van der Waals surface area contributed by atoms with Crippen LogP contribution in [0.4, 0.5) is 0 Å². The number of rotatable bonds is 3. The zero-order chi connectivity index (χ0) is 9.90. The van der Waals surface area contributed by atoms with Crippen molar-refractivity contribution in [1.82, 2.24) is 0 Å². The smallest absolute Gasteiger partial charge is 0.126 e. The van der Waals surface area contributed by atoms with Gasteiger partial charge in [-0.15, -0.1) is 0 Å². The van der Waals surface area contributed by atoms with Gasteiger partial charge in [0, 0.05) is 5.41 Å². The Kier molecular flexibility index (Phi) is 3.29. The number of hydrogen-bond acceptors (Lipinski definition) is 1. The number of allylic oxidation sites excluding steroid dienone is 2. The SMILES string of the molecule is CC(C)=CC[C@@H]1CCC[C@]1(C)C=O. The van der Waals surface area contributed by atoms with E-state index in [4.69, 9.17) is 0 Å². The second-order valence-electron chi connectivity index (χ2n) is 4.73. The van der Waals surface area contributed by atoms with Crippen LogP contribution in [0.5, 0.6) is 0 Å². The zero-order valence-electron chi connectivity index (χ0n) is 8.97. The maximum absolute atomic E-state index is 11.0. The molecule has 1 aliphatic rings. The predicted molar refractivity (Wildman–Crippen MR) is 55.6 cm³/mol. The molecule has 0 aromatic heterocycles. The van der Waals surface area contributed by atoms with E-state index in [1.54, 1.807) is 0 Å². The van der Waals surface area contributed by atoms with Crippen LogP contribution < -0.4 is 0 Å². The van der Waals surface area contributed by atoms with Crippen molar-refractivity contribution in [3.63, 3.8) is 0 Å². The molecule has 0 N–H and O–H groups in total. The van der Waals surface area contributed by atoms with Gasteiger partial charge in [-0.3, -0.25) is 0 Å². The summed E-state index contributed by atoms with van der Waals surface area (Å²) in [5.74, 6) is 0.583. The zero-order valence-corrected chi connectivity index (χ0v) is 8.97. The lowest BCUT2D eigenvalue weighted by molar-refractivity contribution is -0.117. The molecule has 1 aliphatic carbocycles. The minimum absolute atomic E-state index is 0.0358. The van der Waals surface area contributed by atoms with Crippen molar-refractivity contribution in [2.45, 2.75) is 46.5 Å². The molecule has 0 amide bonds. The highest BCUT2D eigenvalue weighted by molar-refractivity contribution is 5.59. The van der Waals surface area contributed by atoms with E-state index in [9.17, 15) is 4.79 Å². The van der Waals surface area contributed by atoms with Gasteiger partial charge in [0.05, 0.1) is 0 Å². The fourth-order valence-electron chi connectivity index (χ4n) is 2.18. The first-order valence-electron chi connectivity index (χ1n) is 5.18. The van der Waals surface area contributed by atoms with Crippen molar-refractivity contribution >= 4 is 6.29 Å². The third-order valence-corrected chi connectivity index (χ3v) is 3.28. The van der Waals surface area contributed by atoms with Gasteiger partial charge in [0.1, 0.15) is 6.29 Å². The van der Waals surface area contributed by atoms with Crippen molar-refractivity contribution < 1.29 is 4.79 Å². The topological polar surface area (TPSA) is 17.1 Å². The van der Waals surface area contributed by atoms with Crippen LogP contribution in [0, 0.1) is 11.3 Å². The number of carbonyl (C=O) groups is 1. The lowest BCUT2D eigenvalue weighted by Crippen LogP contribution is -2.22. The molecule has 0 aromatic rings. The van der Waals surface area contributed by atoms with Crippen LogP contribution in [0.25, 0.3) is 0 Å². The van der Waals surface area contributed by atoms with Gasteiger partial charge < -0.3 is 4.79 Å². The molecule has 0 aromatic carbocycles. The highest BCUT2D eigenvalue weighted by atomic mass is 16.1. The Labute approximate surface area is 81.2 Å². The van der Waals surface area contributed by atoms with E-state index < -0.39 is 0 Å². The van der Waals surface area contributed by atoms with Gasteiger partial charge >= 0.3 is 0 Å². The second-order valence-corrected chi connectivity index (χ2v) is 4.73. The Bertz CT molecular complexity index is 213. The summed E-state index contributed by atoms with van der Waals surface area (Å²) < 4.78 is 0. The quantitative estimate of drug-likeness (QED) is 0.481. The van der Waals surface area contributed by atoms with E-state index in [0.29, 0.717) is 5.92 Å². The van der Waals surface area contributed by atoms with Crippen molar-refractivity contribution in [1.29, 1.82) is 0 Å². The molecule has 1 saturated carbocycles. The van der Waals surface area contributed by atoms with Gasteiger partial charge in [0.2, 0.25) is 0 Å². The number of carbonyl (C=O) groups excluding carboxylic acids is 1. The van der Waals surface area contributed by atoms with Crippen LogP contribution in [-0.2, 0) is 4.79 Å². The highest BCUT2D eigenvalue weighted by Crippen LogP contribution is 2.43. The average Bonchev–Trinajstić information content (AvgIpc) is 2.44. The predicted octanol–water partition coefficient (Wildman–Crippen LogP) is 3.35. The lowest BCUT2D eigenvalue weighted by Gasteiger charge is -2.24. The standard InChI is InChI=1S/C12H20O/c1-10(2)6-7-11-5-4-8-12(11,3)9-13/h6,9,11H,4-5,7-8H2,1-3H3/t11-,12+/m0/s1. The minimum Gasteiger partial charge on any atom is -0.303 e. The fourth-order valence-corrected chi connectivity index (χ4v) is 2.18. The molecule has 0 saturated heterocycles. The number of hydrogen-bond donors (Lipinski definition) is 0. The van der Waals surface area contributed by atoms with E-state index in [1.807, 2.05) is 0 Å². The number of aldehydes is 1. The monoisotopic (exact) mass is 180 g/mol. The Hall–Kier alpha value is -0.590. The maximum atomic E-state index is 11.0. The normalized spacial score (nSPS) is 33.0. The third-order valence-electron chi connectivity index (χ3n) is 3.28. The molecular weight excluding hydrogens is 160 g/mol. The van der Waals surface area contributed by atoms with Gasteiger partial charge in [-0.05, 0) is 39.0 Å². The summed E-state index contributed by atoms with van der Waals surface area (Å²) in [4.78, 5) is 11.0. The summed E-state index contributed by atoms with van der Waals surface area (Å²) in [6.07, 6.45) is 8.03. The summed E-state index contributed by atoms with van der Waals surface area (Å²) in [5.41, 5.74) is 1.33. The van der Waals surface area contributed by atoms with Gasteiger partial charge in [-0.25, -0.2) is 0 Å². The molecule has 0 aliphatic heterocycles.